The lowest BCUT2D eigenvalue weighted by Crippen LogP contribution is -1.99. The van der Waals surface area contributed by atoms with Crippen molar-refractivity contribution in [2.75, 3.05) is 12.5 Å². The first-order chi connectivity index (χ1) is 13.4. The van der Waals surface area contributed by atoms with Gasteiger partial charge in [-0.2, -0.15) is 0 Å². The van der Waals surface area contributed by atoms with E-state index in [-0.39, 0.29) is 0 Å². The van der Waals surface area contributed by atoms with E-state index in [1.54, 1.807) is 0 Å². The summed E-state index contributed by atoms with van der Waals surface area (Å²) in [6.07, 6.45) is 11.6. The minimum absolute atomic E-state index is 0.799. The van der Waals surface area contributed by atoms with Gasteiger partial charge in [-0.1, -0.05) is 93.5 Å². The standard InChI is InChI=1S/C25H31ClO/c26-18-12-6-4-2-1-3-5-7-13-19-27-25-23-16-10-8-14-21(23)20-22-15-9-11-17-24(22)25/h8-11,14-17,20H,1-7,12-13,18-19H2. The third kappa shape index (κ3) is 5.87. The summed E-state index contributed by atoms with van der Waals surface area (Å²) in [4.78, 5) is 0. The van der Waals surface area contributed by atoms with E-state index in [1.165, 1.54) is 72.9 Å². The lowest BCUT2D eigenvalue weighted by atomic mass is 10.0. The molecule has 2 heteroatoms. The van der Waals surface area contributed by atoms with Crippen molar-refractivity contribution in [2.24, 2.45) is 0 Å². The molecule has 0 aliphatic rings. The van der Waals surface area contributed by atoms with Gasteiger partial charge in [0.15, 0.2) is 0 Å². The second kappa shape index (κ2) is 11.2. The van der Waals surface area contributed by atoms with Crippen LogP contribution in [0.3, 0.4) is 0 Å². The van der Waals surface area contributed by atoms with Gasteiger partial charge in [0.1, 0.15) is 5.75 Å². The number of unbranched alkanes of at least 4 members (excludes halogenated alkanes) is 8. The maximum absolute atomic E-state index is 6.29. The van der Waals surface area contributed by atoms with Crippen LogP contribution in [0.2, 0.25) is 0 Å². The molecule has 0 fully saturated rings. The Hall–Kier alpha value is -1.73. The van der Waals surface area contributed by atoms with Crippen LogP contribution in [0.25, 0.3) is 21.5 Å². The third-order valence-electron chi connectivity index (χ3n) is 5.25. The molecule has 0 spiro atoms. The molecule has 0 saturated carbocycles. The normalized spacial score (nSPS) is 11.3. The number of hydrogen-bond acceptors (Lipinski definition) is 1. The van der Waals surface area contributed by atoms with Crippen molar-refractivity contribution in [1.82, 2.24) is 0 Å². The van der Waals surface area contributed by atoms with Crippen LogP contribution < -0.4 is 4.74 Å². The van der Waals surface area contributed by atoms with E-state index < -0.39 is 0 Å². The third-order valence-corrected chi connectivity index (χ3v) is 5.51. The van der Waals surface area contributed by atoms with Crippen molar-refractivity contribution in [3.8, 4) is 5.75 Å². The highest BCUT2D eigenvalue weighted by Gasteiger charge is 2.08. The lowest BCUT2D eigenvalue weighted by molar-refractivity contribution is 0.311. The molecule has 3 aromatic carbocycles. The van der Waals surface area contributed by atoms with Gasteiger partial charge in [-0.25, -0.2) is 0 Å². The first-order valence-corrected chi connectivity index (χ1v) is 11.0. The molecule has 0 heterocycles. The maximum atomic E-state index is 6.29. The van der Waals surface area contributed by atoms with Crippen LogP contribution in [0.5, 0.6) is 5.75 Å². The summed E-state index contributed by atoms with van der Waals surface area (Å²) in [5.41, 5.74) is 0. The number of halogens is 1. The number of benzene rings is 3. The Morgan fingerprint density at radius 3 is 1.63 bits per heavy atom. The minimum atomic E-state index is 0.799. The molecular weight excluding hydrogens is 352 g/mol. The summed E-state index contributed by atoms with van der Waals surface area (Å²) < 4.78 is 6.29. The van der Waals surface area contributed by atoms with E-state index in [0.717, 1.165) is 24.7 Å². The van der Waals surface area contributed by atoms with Crippen LogP contribution in [0.15, 0.2) is 54.6 Å². The van der Waals surface area contributed by atoms with Crippen molar-refractivity contribution in [2.45, 2.75) is 57.8 Å². The molecule has 0 bridgehead atoms. The fourth-order valence-electron chi connectivity index (χ4n) is 3.74. The second-order valence-corrected chi connectivity index (χ2v) is 7.75. The quantitative estimate of drug-likeness (QED) is 0.174. The van der Waals surface area contributed by atoms with Gasteiger partial charge in [-0.3, -0.25) is 0 Å². The first-order valence-electron chi connectivity index (χ1n) is 10.5. The topological polar surface area (TPSA) is 9.23 Å². The van der Waals surface area contributed by atoms with Crippen molar-refractivity contribution in [3.63, 3.8) is 0 Å². The molecule has 3 aromatic rings. The Morgan fingerprint density at radius 1 is 0.593 bits per heavy atom. The number of hydrogen-bond donors (Lipinski definition) is 0. The highest BCUT2D eigenvalue weighted by Crippen LogP contribution is 2.34. The van der Waals surface area contributed by atoms with Gasteiger partial charge in [0.2, 0.25) is 0 Å². The molecule has 144 valence electrons. The largest absolute Gasteiger partial charge is 0.492 e. The zero-order valence-electron chi connectivity index (χ0n) is 16.3. The summed E-state index contributed by atoms with van der Waals surface area (Å²) in [7, 11) is 0. The van der Waals surface area contributed by atoms with Crippen molar-refractivity contribution < 1.29 is 4.74 Å². The summed E-state index contributed by atoms with van der Waals surface area (Å²) in [5.74, 6) is 1.86. The van der Waals surface area contributed by atoms with Crippen molar-refractivity contribution in [1.29, 1.82) is 0 Å². The molecule has 3 rings (SSSR count). The van der Waals surface area contributed by atoms with Crippen molar-refractivity contribution >= 4 is 33.1 Å². The average Bonchev–Trinajstić information content (AvgIpc) is 2.71. The van der Waals surface area contributed by atoms with Gasteiger partial charge in [-0.05, 0) is 29.7 Å². The highest BCUT2D eigenvalue weighted by atomic mass is 35.5. The van der Waals surface area contributed by atoms with Gasteiger partial charge in [0.25, 0.3) is 0 Å². The molecule has 1 nitrogen and oxygen atoms in total. The Bertz CT molecular complexity index is 773. The van der Waals surface area contributed by atoms with Crippen LogP contribution in [0, 0.1) is 0 Å². The molecule has 0 aromatic heterocycles. The molecular formula is C25H31ClO. The number of ether oxygens (including phenoxy) is 1. The van der Waals surface area contributed by atoms with E-state index in [9.17, 15) is 0 Å². The van der Waals surface area contributed by atoms with Gasteiger partial charge < -0.3 is 4.74 Å². The predicted molar refractivity (Wildman–Crippen MR) is 119 cm³/mol. The number of rotatable bonds is 12. The highest BCUT2D eigenvalue weighted by molar-refractivity contribution is 6.17. The number of alkyl halides is 1. The zero-order chi connectivity index (χ0) is 18.7. The van der Waals surface area contributed by atoms with Gasteiger partial charge in [0.05, 0.1) is 6.61 Å². The number of fused-ring (bicyclic) bond motifs is 2. The van der Waals surface area contributed by atoms with E-state index in [2.05, 4.69) is 54.6 Å². The Balaban J connectivity index is 1.46. The molecule has 0 aliphatic heterocycles. The molecule has 0 unspecified atom stereocenters. The molecule has 0 amide bonds. The first kappa shape index (κ1) is 20.0. The lowest BCUT2D eigenvalue weighted by Gasteiger charge is -2.13. The zero-order valence-corrected chi connectivity index (χ0v) is 17.0. The molecule has 0 N–H and O–H groups in total. The fourth-order valence-corrected chi connectivity index (χ4v) is 3.92. The van der Waals surface area contributed by atoms with E-state index >= 15 is 0 Å². The van der Waals surface area contributed by atoms with Gasteiger partial charge >= 0.3 is 0 Å². The summed E-state index contributed by atoms with van der Waals surface area (Å²) in [6.45, 7) is 0.799. The van der Waals surface area contributed by atoms with Gasteiger partial charge in [0, 0.05) is 16.7 Å². The van der Waals surface area contributed by atoms with E-state index in [1.807, 2.05) is 0 Å². The molecule has 27 heavy (non-hydrogen) atoms. The second-order valence-electron chi connectivity index (χ2n) is 7.37. The monoisotopic (exact) mass is 382 g/mol. The Kier molecular flexibility index (Phi) is 8.30. The van der Waals surface area contributed by atoms with Crippen LogP contribution in [-0.4, -0.2) is 12.5 Å². The summed E-state index contributed by atoms with van der Waals surface area (Å²) >= 11 is 5.71. The molecule has 0 radical (unpaired) electrons. The summed E-state index contributed by atoms with van der Waals surface area (Å²) in [6, 6.07) is 19.3. The molecule has 0 saturated heterocycles. The Labute approximate surface area is 168 Å². The summed E-state index contributed by atoms with van der Waals surface area (Å²) in [5, 5.41) is 4.93. The average molecular weight is 383 g/mol. The Morgan fingerprint density at radius 2 is 1.07 bits per heavy atom. The van der Waals surface area contributed by atoms with Crippen LogP contribution in [0.4, 0.5) is 0 Å². The van der Waals surface area contributed by atoms with Crippen molar-refractivity contribution in [3.05, 3.63) is 54.6 Å². The van der Waals surface area contributed by atoms with Crippen LogP contribution >= 0.6 is 11.6 Å². The van der Waals surface area contributed by atoms with E-state index in [0.29, 0.717) is 0 Å². The predicted octanol–water partition coefficient (Wildman–Crippen LogP) is 8.12. The maximum Gasteiger partial charge on any atom is 0.134 e. The van der Waals surface area contributed by atoms with Gasteiger partial charge in [-0.15, -0.1) is 11.6 Å². The molecule has 0 aliphatic carbocycles. The van der Waals surface area contributed by atoms with Crippen LogP contribution in [-0.2, 0) is 0 Å². The molecule has 0 atom stereocenters. The minimum Gasteiger partial charge on any atom is -0.492 e. The fraction of sp³-hybridized carbons (Fsp3) is 0.440. The van der Waals surface area contributed by atoms with Crippen LogP contribution in [0.1, 0.15) is 57.8 Å². The smallest absolute Gasteiger partial charge is 0.134 e. The SMILES string of the molecule is ClCCCCCCCCCCCOc1c2ccccc2cc2ccccc12. The van der Waals surface area contributed by atoms with E-state index in [4.69, 9.17) is 16.3 Å².